The fourth-order valence-corrected chi connectivity index (χ4v) is 6.48. The minimum atomic E-state index is -3.49. The lowest BCUT2D eigenvalue weighted by Gasteiger charge is -2.37. The average Bonchev–Trinajstić information content (AvgIpc) is 2.74. The van der Waals surface area contributed by atoms with Crippen molar-refractivity contribution in [3.05, 3.63) is 11.6 Å². The van der Waals surface area contributed by atoms with Gasteiger partial charge < -0.3 is 5.32 Å². The molecule has 6 nitrogen and oxygen atoms in total. The topological polar surface area (TPSA) is 69.7 Å². The summed E-state index contributed by atoms with van der Waals surface area (Å²) in [6, 6.07) is 0.108. The van der Waals surface area contributed by atoms with Gasteiger partial charge in [-0.25, -0.2) is 0 Å². The monoisotopic (exact) mass is 411 g/mol. The van der Waals surface area contributed by atoms with E-state index in [4.69, 9.17) is 0 Å². The van der Waals surface area contributed by atoms with Crippen LogP contribution in [-0.4, -0.2) is 55.7 Å². The first kappa shape index (κ1) is 21.8. The molecule has 0 aromatic rings. The number of hydrogen-bond donors (Lipinski definition) is 1. The van der Waals surface area contributed by atoms with Crippen LogP contribution in [0.4, 0.5) is 0 Å². The average molecular weight is 412 g/mol. The molecule has 1 saturated heterocycles. The van der Waals surface area contributed by atoms with Gasteiger partial charge in [0.2, 0.25) is 5.91 Å². The second-order valence-corrected chi connectivity index (χ2v) is 10.7. The van der Waals surface area contributed by atoms with Crippen LogP contribution in [0.25, 0.3) is 0 Å². The van der Waals surface area contributed by atoms with Gasteiger partial charge >= 0.3 is 0 Å². The maximum atomic E-state index is 13.1. The van der Waals surface area contributed by atoms with Gasteiger partial charge in [-0.1, -0.05) is 30.9 Å². The molecule has 0 aromatic carbocycles. The fraction of sp³-hybridized carbons (Fsp3) is 0.857. The van der Waals surface area contributed by atoms with Gasteiger partial charge in [-0.15, -0.1) is 0 Å². The maximum Gasteiger partial charge on any atom is 0.281 e. The molecule has 7 heteroatoms. The quantitative estimate of drug-likeness (QED) is 0.654. The Bertz CT molecular complexity index is 656. The van der Waals surface area contributed by atoms with E-state index in [9.17, 15) is 13.2 Å². The first-order valence-corrected chi connectivity index (χ1v) is 12.6. The molecule has 1 N–H and O–H groups in total. The third-order valence-electron chi connectivity index (χ3n) is 6.66. The predicted octanol–water partition coefficient (Wildman–Crippen LogP) is 3.21. The number of nitrogens with one attached hydrogen (secondary N) is 1. The molecule has 1 saturated carbocycles. The van der Waals surface area contributed by atoms with Crippen LogP contribution in [0.5, 0.6) is 0 Å². The molecule has 0 aromatic heterocycles. The van der Waals surface area contributed by atoms with Crippen molar-refractivity contribution in [2.75, 3.05) is 26.7 Å². The molecule has 2 fully saturated rings. The highest BCUT2D eigenvalue weighted by Gasteiger charge is 2.37. The molecule has 1 amide bonds. The van der Waals surface area contributed by atoms with E-state index >= 15 is 0 Å². The van der Waals surface area contributed by atoms with Crippen LogP contribution in [0, 0.1) is 5.92 Å². The van der Waals surface area contributed by atoms with Crippen LogP contribution in [-0.2, 0) is 15.0 Å². The van der Waals surface area contributed by atoms with Crippen molar-refractivity contribution in [2.45, 2.75) is 83.1 Å². The summed E-state index contributed by atoms with van der Waals surface area (Å²) < 4.78 is 29.3. The lowest BCUT2D eigenvalue weighted by atomic mass is 9.96. The van der Waals surface area contributed by atoms with E-state index in [0.717, 1.165) is 57.8 Å². The number of rotatable bonds is 7. The number of nitrogens with zero attached hydrogens (tertiary/aromatic N) is 2. The van der Waals surface area contributed by atoms with E-state index in [1.54, 1.807) is 15.7 Å². The van der Waals surface area contributed by atoms with Crippen molar-refractivity contribution >= 4 is 16.1 Å². The van der Waals surface area contributed by atoms with Crippen LogP contribution in [0.3, 0.4) is 0 Å². The lowest BCUT2D eigenvalue weighted by molar-refractivity contribution is -0.126. The predicted molar refractivity (Wildman–Crippen MR) is 112 cm³/mol. The van der Waals surface area contributed by atoms with Crippen molar-refractivity contribution in [2.24, 2.45) is 5.92 Å². The Morgan fingerprint density at radius 3 is 2.64 bits per heavy atom. The van der Waals surface area contributed by atoms with Gasteiger partial charge in [0.05, 0.1) is 5.92 Å². The number of carbonyl (C=O) groups excluding carboxylic acids is 1. The number of piperidine rings is 1. The minimum Gasteiger partial charge on any atom is -0.356 e. The van der Waals surface area contributed by atoms with E-state index in [1.807, 2.05) is 0 Å². The van der Waals surface area contributed by atoms with Gasteiger partial charge in [-0.2, -0.15) is 17.0 Å². The summed E-state index contributed by atoms with van der Waals surface area (Å²) in [5.74, 6) is -0.222. The molecule has 28 heavy (non-hydrogen) atoms. The van der Waals surface area contributed by atoms with Crippen molar-refractivity contribution in [3.8, 4) is 0 Å². The van der Waals surface area contributed by atoms with E-state index < -0.39 is 10.2 Å². The van der Waals surface area contributed by atoms with Crippen LogP contribution in [0.1, 0.15) is 77.0 Å². The van der Waals surface area contributed by atoms with Crippen LogP contribution < -0.4 is 5.32 Å². The van der Waals surface area contributed by atoms with E-state index in [1.165, 1.54) is 24.8 Å². The molecule has 0 bridgehead atoms. The Balaban J connectivity index is 1.50. The van der Waals surface area contributed by atoms with Gasteiger partial charge in [0.1, 0.15) is 0 Å². The Morgan fingerprint density at radius 2 is 1.93 bits per heavy atom. The molecular weight excluding hydrogens is 374 g/mol. The maximum absolute atomic E-state index is 13.1. The summed E-state index contributed by atoms with van der Waals surface area (Å²) in [5, 5.41) is 3.05. The van der Waals surface area contributed by atoms with E-state index in [2.05, 4.69) is 11.4 Å². The van der Waals surface area contributed by atoms with Crippen LogP contribution in [0.2, 0.25) is 0 Å². The van der Waals surface area contributed by atoms with Crippen LogP contribution in [0.15, 0.2) is 11.6 Å². The Hall–Kier alpha value is -0.920. The third-order valence-corrected chi connectivity index (χ3v) is 8.67. The third kappa shape index (κ3) is 5.57. The van der Waals surface area contributed by atoms with Crippen LogP contribution >= 0.6 is 0 Å². The molecule has 1 aliphatic heterocycles. The van der Waals surface area contributed by atoms with Gasteiger partial charge in [0.25, 0.3) is 10.2 Å². The van der Waals surface area contributed by atoms with Gasteiger partial charge in [-0.05, 0) is 57.8 Å². The molecule has 1 atom stereocenters. The molecule has 3 aliphatic rings. The van der Waals surface area contributed by atoms with E-state index in [0.29, 0.717) is 19.6 Å². The van der Waals surface area contributed by atoms with Crippen molar-refractivity contribution in [1.29, 1.82) is 0 Å². The van der Waals surface area contributed by atoms with Gasteiger partial charge in [0.15, 0.2) is 0 Å². The molecule has 1 heterocycles. The zero-order valence-corrected chi connectivity index (χ0v) is 18.2. The number of amides is 1. The highest BCUT2D eigenvalue weighted by molar-refractivity contribution is 7.86. The number of carbonyl (C=O) groups is 1. The SMILES string of the molecule is CN(C1CCCCC1)S(=O)(=O)N1CCCC(C(=O)NCCC2=CCCCC2)C1. The Morgan fingerprint density at radius 1 is 1.14 bits per heavy atom. The number of hydrogen-bond acceptors (Lipinski definition) is 3. The van der Waals surface area contributed by atoms with Crippen molar-refractivity contribution in [1.82, 2.24) is 13.9 Å². The molecule has 3 rings (SSSR count). The Kier molecular flexibility index (Phi) is 7.94. The number of allylic oxidation sites excluding steroid dienone is 1. The zero-order chi connectivity index (χ0) is 20.0. The largest absolute Gasteiger partial charge is 0.356 e. The first-order chi connectivity index (χ1) is 13.5. The van der Waals surface area contributed by atoms with Crippen molar-refractivity contribution in [3.63, 3.8) is 0 Å². The summed E-state index contributed by atoms with van der Waals surface area (Å²) in [7, 11) is -1.77. The second-order valence-electron chi connectivity index (χ2n) is 8.66. The lowest BCUT2D eigenvalue weighted by Crippen LogP contribution is -2.52. The molecule has 0 spiro atoms. The van der Waals surface area contributed by atoms with Gasteiger partial charge in [-0.3, -0.25) is 4.79 Å². The highest BCUT2D eigenvalue weighted by atomic mass is 32.2. The van der Waals surface area contributed by atoms with E-state index in [-0.39, 0.29) is 17.9 Å². The molecular formula is C21H37N3O3S. The molecule has 1 unspecified atom stereocenters. The fourth-order valence-electron chi connectivity index (χ4n) is 4.80. The second kappa shape index (κ2) is 10.2. The molecule has 0 radical (unpaired) electrons. The van der Waals surface area contributed by atoms with Gasteiger partial charge in [0, 0.05) is 32.7 Å². The summed E-state index contributed by atoms with van der Waals surface area (Å²) in [5.41, 5.74) is 1.45. The summed E-state index contributed by atoms with van der Waals surface area (Å²) in [4.78, 5) is 12.6. The molecule has 160 valence electrons. The standard InChI is InChI=1S/C21H37N3O3S/c1-23(20-12-6-3-7-13-20)28(26,27)24-16-8-11-19(17-24)21(25)22-15-14-18-9-4-2-5-10-18/h9,19-20H,2-8,10-17H2,1H3,(H,22,25). The Labute approximate surface area is 170 Å². The summed E-state index contributed by atoms with van der Waals surface area (Å²) in [6.07, 6.45) is 14.9. The molecule has 2 aliphatic carbocycles. The smallest absolute Gasteiger partial charge is 0.281 e. The first-order valence-electron chi connectivity index (χ1n) is 11.2. The minimum absolute atomic E-state index is 0.0108. The summed E-state index contributed by atoms with van der Waals surface area (Å²) in [6.45, 7) is 1.50. The zero-order valence-electron chi connectivity index (χ0n) is 17.4. The normalized spacial score (nSPS) is 25.5. The van der Waals surface area contributed by atoms with Crippen molar-refractivity contribution < 1.29 is 13.2 Å². The summed E-state index contributed by atoms with van der Waals surface area (Å²) >= 11 is 0. The highest BCUT2D eigenvalue weighted by Crippen LogP contribution is 2.27.